The summed E-state index contributed by atoms with van der Waals surface area (Å²) in [5.41, 5.74) is 5.17. The summed E-state index contributed by atoms with van der Waals surface area (Å²) < 4.78 is 1.90. The highest BCUT2D eigenvalue weighted by Gasteiger charge is 2.17. The van der Waals surface area contributed by atoms with E-state index in [1.165, 1.54) is 0 Å². The van der Waals surface area contributed by atoms with E-state index in [9.17, 15) is 10.5 Å². The molecule has 5 heteroatoms. The highest BCUT2D eigenvalue weighted by Crippen LogP contribution is 2.31. The monoisotopic (exact) mass is 342 g/mol. The van der Waals surface area contributed by atoms with E-state index >= 15 is 0 Å². The van der Waals surface area contributed by atoms with E-state index in [1.807, 2.05) is 46.9 Å². The predicted octanol–water partition coefficient (Wildman–Crippen LogP) is 4.75. The van der Waals surface area contributed by atoms with Crippen LogP contribution in [-0.2, 0) is 6.42 Å². The maximum atomic E-state index is 9.78. The molecule has 0 aliphatic heterocycles. The van der Waals surface area contributed by atoms with Gasteiger partial charge < -0.3 is 0 Å². The SMILES string of the molecule is N#CCc1cc(-c2ccc(Cl)cc2)c(C#N)c2nc3ccccc3n12. The summed E-state index contributed by atoms with van der Waals surface area (Å²) >= 11 is 5.98. The van der Waals surface area contributed by atoms with Gasteiger partial charge in [0.15, 0.2) is 5.65 Å². The molecule has 25 heavy (non-hydrogen) atoms. The molecule has 2 aromatic heterocycles. The van der Waals surface area contributed by atoms with Gasteiger partial charge in [-0.2, -0.15) is 10.5 Å². The van der Waals surface area contributed by atoms with Crippen LogP contribution in [-0.4, -0.2) is 9.38 Å². The molecule has 0 aliphatic rings. The van der Waals surface area contributed by atoms with Crippen molar-refractivity contribution in [3.05, 3.63) is 70.9 Å². The molecule has 0 bridgehead atoms. The summed E-state index contributed by atoms with van der Waals surface area (Å²) in [6.07, 6.45) is 0.225. The van der Waals surface area contributed by atoms with Crippen molar-refractivity contribution in [2.24, 2.45) is 0 Å². The average molecular weight is 343 g/mol. The van der Waals surface area contributed by atoms with Crippen molar-refractivity contribution in [1.29, 1.82) is 10.5 Å². The Balaban J connectivity index is 2.15. The predicted molar refractivity (Wildman–Crippen MR) is 97.2 cm³/mol. The summed E-state index contributed by atoms with van der Waals surface area (Å²) in [6.45, 7) is 0. The van der Waals surface area contributed by atoms with Crippen LogP contribution in [0.3, 0.4) is 0 Å². The standard InChI is InChI=1S/C20H11ClN4/c21-14-7-5-13(6-8-14)16-11-15(9-10-22)25-19-4-2-1-3-18(19)24-20(25)17(16)12-23/h1-8,11H,9H2. The van der Waals surface area contributed by atoms with Crippen molar-refractivity contribution >= 4 is 28.3 Å². The Morgan fingerprint density at radius 1 is 1.04 bits per heavy atom. The highest BCUT2D eigenvalue weighted by molar-refractivity contribution is 6.30. The zero-order valence-electron chi connectivity index (χ0n) is 13.1. The largest absolute Gasteiger partial charge is 0.294 e. The van der Waals surface area contributed by atoms with Crippen molar-refractivity contribution < 1.29 is 0 Å². The van der Waals surface area contributed by atoms with E-state index in [4.69, 9.17) is 11.6 Å². The fourth-order valence-electron chi connectivity index (χ4n) is 3.09. The number of pyridine rings is 1. The molecule has 2 heterocycles. The smallest absolute Gasteiger partial charge is 0.156 e. The molecule has 0 spiro atoms. The minimum absolute atomic E-state index is 0.225. The van der Waals surface area contributed by atoms with Gasteiger partial charge in [0.05, 0.1) is 23.5 Å². The second kappa shape index (κ2) is 5.94. The first-order chi connectivity index (χ1) is 12.2. The van der Waals surface area contributed by atoms with Gasteiger partial charge in [-0.15, -0.1) is 0 Å². The van der Waals surface area contributed by atoms with Crippen LogP contribution in [0, 0.1) is 22.7 Å². The molecular weight excluding hydrogens is 332 g/mol. The van der Waals surface area contributed by atoms with E-state index in [1.54, 1.807) is 12.1 Å². The Morgan fingerprint density at radius 2 is 1.80 bits per heavy atom. The summed E-state index contributed by atoms with van der Waals surface area (Å²) in [4.78, 5) is 4.64. The summed E-state index contributed by atoms with van der Waals surface area (Å²) in [6, 6.07) is 21.4. The van der Waals surface area contributed by atoms with Crippen molar-refractivity contribution in [2.75, 3.05) is 0 Å². The molecule has 4 rings (SSSR count). The van der Waals surface area contributed by atoms with Crippen LogP contribution < -0.4 is 0 Å². The molecule has 0 atom stereocenters. The average Bonchev–Trinajstić information content (AvgIpc) is 3.02. The number of imidazole rings is 1. The van der Waals surface area contributed by atoms with Gasteiger partial charge >= 0.3 is 0 Å². The minimum atomic E-state index is 0.225. The number of halogens is 1. The maximum Gasteiger partial charge on any atom is 0.156 e. The number of rotatable bonds is 2. The number of hydrogen-bond acceptors (Lipinski definition) is 3. The molecule has 2 aromatic carbocycles. The van der Waals surface area contributed by atoms with Crippen LogP contribution in [0.1, 0.15) is 11.3 Å². The molecule has 4 aromatic rings. The third-order valence-corrected chi connectivity index (χ3v) is 4.43. The van der Waals surface area contributed by atoms with E-state index in [2.05, 4.69) is 17.1 Å². The van der Waals surface area contributed by atoms with Crippen LogP contribution in [0.4, 0.5) is 0 Å². The van der Waals surface area contributed by atoms with Gasteiger partial charge in [-0.05, 0) is 35.9 Å². The van der Waals surface area contributed by atoms with Gasteiger partial charge in [0.1, 0.15) is 11.6 Å². The number of hydrogen-bond donors (Lipinski definition) is 0. The Labute approximate surface area is 149 Å². The molecule has 0 radical (unpaired) electrons. The minimum Gasteiger partial charge on any atom is -0.294 e. The number of benzene rings is 2. The Bertz CT molecular complexity index is 1190. The van der Waals surface area contributed by atoms with Gasteiger partial charge in [-0.3, -0.25) is 4.40 Å². The Hall–Kier alpha value is -3.34. The molecular formula is C20H11ClN4. The third kappa shape index (κ3) is 2.41. The van der Waals surface area contributed by atoms with Gasteiger partial charge in [0.2, 0.25) is 0 Å². The van der Waals surface area contributed by atoms with Gasteiger partial charge in [-0.25, -0.2) is 4.98 Å². The normalized spacial score (nSPS) is 10.7. The second-order valence-corrected chi connectivity index (χ2v) is 6.07. The highest BCUT2D eigenvalue weighted by atomic mass is 35.5. The first kappa shape index (κ1) is 15.2. The second-order valence-electron chi connectivity index (χ2n) is 5.64. The summed E-state index contributed by atoms with van der Waals surface area (Å²) in [7, 11) is 0. The number of aromatic nitrogens is 2. The van der Waals surface area contributed by atoms with Crippen molar-refractivity contribution in [3.8, 4) is 23.3 Å². The molecule has 0 saturated carbocycles. The van der Waals surface area contributed by atoms with Gasteiger partial charge in [0, 0.05) is 16.3 Å². The molecule has 0 aliphatic carbocycles. The molecule has 0 N–H and O–H groups in total. The van der Waals surface area contributed by atoms with Crippen molar-refractivity contribution in [2.45, 2.75) is 6.42 Å². The van der Waals surface area contributed by atoms with E-state index in [0.717, 1.165) is 27.9 Å². The maximum absolute atomic E-state index is 9.78. The first-order valence-electron chi connectivity index (χ1n) is 7.69. The topological polar surface area (TPSA) is 64.9 Å². The lowest BCUT2D eigenvalue weighted by molar-refractivity contribution is 1.06. The van der Waals surface area contributed by atoms with Crippen LogP contribution in [0.15, 0.2) is 54.6 Å². The van der Waals surface area contributed by atoms with Gasteiger partial charge in [-0.1, -0.05) is 35.9 Å². The lowest BCUT2D eigenvalue weighted by atomic mass is 10.00. The fourth-order valence-corrected chi connectivity index (χ4v) is 3.21. The molecule has 0 saturated heterocycles. The molecule has 0 unspecified atom stereocenters. The number of para-hydroxylation sites is 2. The number of nitriles is 2. The van der Waals surface area contributed by atoms with E-state index in [0.29, 0.717) is 16.2 Å². The lowest BCUT2D eigenvalue weighted by Crippen LogP contribution is -2.01. The van der Waals surface area contributed by atoms with Crippen molar-refractivity contribution in [3.63, 3.8) is 0 Å². The van der Waals surface area contributed by atoms with Crippen LogP contribution >= 0.6 is 11.6 Å². The first-order valence-corrected chi connectivity index (χ1v) is 8.07. The summed E-state index contributed by atoms with van der Waals surface area (Å²) in [5.74, 6) is 0. The third-order valence-electron chi connectivity index (χ3n) is 4.18. The molecule has 0 fully saturated rings. The van der Waals surface area contributed by atoms with Gasteiger partial charge in [0.25, 0.3) is 0 Å². The molecule has 0 amide bonds. The van der Waals surface area contributed by atoms with Crippen LogP contribution in [0.5, 0.6) is 0 Å². The summed E-state index contributed by atoms with van der Waals surface area (Å²) in [5, 5.41) is 19.7. The quantitative estimate of drug-likeness (QED) is 0.528. The fraction of sp³-hybridized carbons (Fsp3) is 0.0500. The van der Waals surface area contributed by atoms with Crippen LogP contribution in [0.2, 0.25) is 5.02 Å². The van der Waals surface area contributed by atoms with Crippen molar-refractivity contribution in [1.82, 2.24) is 9.38 Å². The lowest BCUT2D eigenvalue weighted by Gasteiger charge is -2.11. The molecule has 4 nitrogen and oxygen atoms in total. The zero-order valence-corrected chi connectivity index (χ0v) is 13.8. The van der Waals surface area contributed by atoms with Crippen LogP contribution in [0.25, 0.3) is 27.8 Å². The number of nitrogens with zero attached hydrogens (tertiary/aromatic N) is 4. The molecule has 118 valence electrons. The Kier molecular flexibility index (Phi) is 3.61. The number of fused-ring (bicyclic) bond motifs is 3. The Morgan fingerprint density at radius 3 is 2.52 bits per heavy atom. The van der Waals surface area contributed by atoms with E-state index in [-0.39, 0.29) is 6.42 Å². The zero-order chi connectivity index (χ0) is 17.4. The van der Waals surface area contributed by atoms with E-state index < -0.39 is 0 Å².